The molecule has 4 nitrogen and oxygen atoms in total. The van der Waals surface area contributed by atoms with Crippen molar-refractivity contribution >= 4 is 11.5 Å². The van der Waals surface area contributed by atoms with Gasteiger partial charge in [0.15, 0.2) is 0 Å². The van der Waals surface area contributed by atoms with Crippen LogP contribution in [0.1, 0.15) is 24.1 Å². The third-order valence-electron chi connectivity index (χ3n) is 2.79. The Morgan fingerprint density at radius 1 is 1.57 bits per heavy atom. The van der Waals surface area contributed by atoms with E-state index < -0.39 is 0 Å². The summed E-state index contributed by atoms with van der Waals surface area (Å²) >= 11 is 1.49. The summed E-state index contributed by atoms with van der Waals surface area (Å²) in [6.45, 7) is 2.91. The summed E-state index contributed by atoms with van der Waals surface area (Å²) in [5, 5.41) is 3.85. The van der Waals surface area contributed by atoms with Gasteiger partial charge in [0.1, 0.15) is 0 Å². The first kappa shape index (κ1) is 10.0. The lowest BCUT2D eigenvalue weighted by Crippen LogP contribution is -2.43. The van der Waals surface area contributed by atoms with Gasteiger partial charge in [0.05, 0.1) is 11.1 Å². The highest BCUT2D eigenvalue weighted by Gasteiger charge is 2.21. The van der Waals surface area contributed by atoms with Crippen LogP contribution in [0.3, 0.4) is 0 Å². The molecule has 14 heavy (non-hydrogen) atoms. The van der Waals surface area contributed by atoms with Gasteiger partial charge in [-0.15, -0.1) is 5.10 Å². The Morgan fingerprint density at radius 2 is 2.50 bits per heavy atom. The first-order chi connectivity index (χ1) is 6.90. The van der Waals surface area contributed by atoms with Gasteiger partial charge in [-0.2, -0.15) is 0 Å². The highest BCUT2D eigenvalue weighted by atomic mass is 32.1. The molecule has 1 fully saturated rings. The monoisotopic (exact) mass is 212 g/mol. The second-order valence-electron chi connectivity index (χ2n) is 3.74. The highest BCUT2D eigenvalue weighted by Crippen LogP contribution is 2.19. The fourth-order valence-electron chi connectivity index (χ4n) is 1.99. The zero-order chi connectivity index (χ0) is 9.80. The van der Waals surface area contributed by atoms with Crippen molar-refractivity contribution in [3.05, 3.63) is 11.1 Å². The van der Waals surface area contributed by atoms with Gasteiger partial charge in [-0.25, -0.2) is 0 Å². The Labute approximate surface area is 88.3 Å². The van der Waals surface area contributed by atoms with Crippen LogP contribution < -0.4 is 5.73 Å². The van der Waals surface area contributed by atoms with Crippen LogP contribution in [-0.2, 0) is 6.54 Å². The lowest BCUT2D eigenvalue weighted by Gasteiger charge is -2.34. The molecule has 1 saturated heterocycles. The Bertz CT molecular complexity index is 262. The van der Waals surface area contributed by atoms with Gasteiger partial charge in [-0.05, 0) is 30.9 Å². The van der Waals surface area contributed by atoms with Crippen molar-refractivity contribution < 1.29 is 0 Å². The van der Waals surface area contributed by atoms with E-state index in [-0.39, 0.29) is 0 Å². The minimum absolute atomic E-state index is 0.561. The molecule has 1 aliphatic rings. The Balaban J connectivity index is 1.94. The minimum atomic E-state index is 0.561. The lowest BCUT2D eigenvalue weighted by molar-refractivity contribution is 0.146. The van der Waals surface area contributed by atoms with Crippen LogP contribution in [0.25, 0.3) is 0 Å². The van der Waals surface area contributed by atoms with E-state index in [0.717, 1.165) is 13.1 Å². The van der Waals surface area contributed by atoms with E-state index in [1.807, 2.05) is 6.20 Å². The summed E-state index contributed by atoms with van der Waals surface area (Å²) in [5.74, 6) is 0. The summed E-state index contributed by atoms with van der Waals surface area (Å²) in [6, 6.07) is 0.561. The molecule has 2 heterocycles. The first-order valence-electron chi connectivity index (χ1n) is 5.10. The SMILES string of the molecule is NCC1CCCCN1Cc1cnns1. The molecule has 0 aliphatic carbocycles. The topological polar surface area (TPSA) is 55.0 Å². The molecule has 0 saturated carbocycles. The fourth-order valence-corrected chi connectivity index (χ4v) is 2.51. The molecular weight excluding hydrogens is 196 g/mol. The van der Waals surface area contributed by atoms with Crippen LogP contribution in [0.15, 0.2) is 6.20 Å². The quantitative estimate of drug-likeness (QED) is 0.807. The van der Waals surface area contributed by atoms with Gasteiger partial charge in [0, 0.05) is 19.1 Å². The van der Waals surface area contributed by atoms with Crippen molar-refractivity contribution in [1.29, 1.82) is 0 Å². The molecule has 1 aliphatic heterocycles. The van der Waals surface area contributed by atoms with Crippen molar-refractivity contribution in [2.45, 2.75) is 31.8 Å². The number of piperidine rings is 1. The van der Waals surface area contributed by atoms with Crippen LogP contribution in [0.4, 0.5) is 0 Å². The number of likely N-dealkylation sites (tertiary alicyclic amines) is 1. The summed E-state index contributed by atoms with van der Waals surface area (Å²) in [7, 11) is 0. The van der Waals surface area contributed by atoms with Crippen molar-refractivity contribution in [2.24, 2.45) is 5.73 Å². The van der Waals surface area contributed by atoms with E-state index in [9.17, 15) is 0 Å². The number of nitrogens with zero attached hydrogens (tertiary/aromatic N) is 3. The van der Waals surface area contributed by atoms with Gasteiger partial charge in [0.2, 0.25) is 0 Å². The minimum Gasteiger partial charge on any atom is -0.329 e. The van der Waals surface area contributed by atoms with E-state index in [4.69, 9.17) is 5.73 Å². The smallest absolute Gasteiger partial charge is 0.0666 e. The van der Waals surface area contributed by atoms with Gasteiger partial charge >= 0.3 is 0 Å². The lowest BCUT2D eigenvalue weighted by atomic mass is 10.0. The normalized spacial score (nSPS) is 23.9. The Hall–Kier alpha value is -0.520. The van der Waals surface area contributed by atoms with E-state index >= 15 is 0 Å². The van der Waals surface area contributed by atoms with Crippen molar-refractivity contribution in [3.8, 4) is 0 Å². The number of aromatic nitrogens is 2. The molecular formula is C9H16N4S. The second-order valence-corrected chi connectivity index (χ2v) is 4.61. The van der Waals surface area contributed by atoms with Crippen LogP contribution in [-0.4, -0.2) is 33.6 Å². The van der Waals surface area contributed by atoms with Gasteiger partial charge in [0.25, 0.3) is 0 Å². The number of hydrogen-bond donors (Lipinski definition) is 1. The third-order valence-corrected chi connectivity index (χ3v) is 3.43. The largest absolute Gasteiger partial charge is 0.329 e. The van der Waals surface area contributed by atoms with E-state index in [2.05, 4.69) is 14.5 Å². The maximum absolute atomic E-state index is 5.75. The molecule has 5 heteroatoms. The molecule has 0 bridgehead atoms. The number of nitrogens with two attached hydrogens (primary N) is 1. The van der Waals surface area contributed by atoms with E-state index in [1.165, 1.54) is 42.2 Å². The van der Waals surface area contributed by atoms with Gasteiger partial charge in [-0.1, -0.05) is 10.9 Å². The molecule has 1 aromatic heterocycles. The third kappa shape index (κ3) is 2.29. The summed E-state index contributed by atoms with van der Waals surface area (Å²) in [6.07, 6.45) is 5.71. The van der Waals surface area contributed by atoms with Crippen LogP contribution in [0, 0.1) is 0 Å². The second kappa shape index (κ2) is 4.82. The summed E-state index contributed by atoms with van der Waals surface area (Å²) in [4.78, 5) is 3.70. The van der Waals surface area contributed by atoms with Crippen LogP contribution >= 0.6 is 11.5 Å². The zero-order valence-corrected chi connectivity index (χ0v) is 9.04. The van der Waals surface area contributed by atoms with Crippen LogP contribution in [0.2, 0.25) is 0 Å². The molecule has 0 spiro atoms. The standard InChI is InChI=1S/C9H16N4S/c10-5-8-3-1-2-4-13(8)7-9-6-11-12-14-9/h6,8H,1-5,7,10H2. The molecule has 1 aromatic rings. The van der Waals surface area contributed by atoms with E-state index in [0.29, 0.717) is 6.04 Å². The predicted molar refractivity (Wildman–Crippen MR) is 57.0 cm³/mol. The average Bonchev–Trinajstić information content (AvgIpc) is 2.71. The molecule has 0 amide bonds. The predicted octanol–water partition coefficient (Wildman–Crippen LogP) is 0.851. The Morgan fingerprint density at radius 3 is 3.21 bits per heavy atom. The first-order valence-corrected chi connectivity index (χ1v) is 5.88. The van der Waals surface area contributed by atoms with Crippen LogP contribution in [0.5, 0.6) is 0 Å². The molecule has 2 rings (SSSR count). The number of rotatable bonds is 3. The van der Waals surface area contributed by atoms with Gasteiger partial charge in [-0.3, -0.25) is 4.90 Å². The maximum Gasteiger partial charge on any atom is 0.0666 e. The molecule has 78 valence electrons. The van der Waals surface area contributed by atoms with E-state index in [1.54, 1.807) is 0 Å². The Kier molecular flexibility index (Phi) is 3.44. The van der Waals surface area contributed by atoms with Crippen molar-refractivity contribution in [1.82, 2.24) is 14.5 Å². The van der Waals surface area contributed by atoms with Crippen molar-refractivity contribution in [2.75, 3.05) is 13.1 Å². The number of hydrogen-bond acceptors (Lipinski definition) is 5. The highest BCUT2D eigenvalue weighted by molar-refractivity contribution is 7.05. The molecule has 1 atom stereocenters. The van der Waals surface area contributed by atoms with Crippen molar-refractivity contribution in [3.63, 3.8) is 0 Å². The average molecular weight is 212 g/mol. The fraction of sp³-hybridized carbons (Fsp3) is 0.778. The van der Waals surface area contributed by atoms with Gasteiger partial charge < -0.3 is 5.73 Å². The molecule has 0 aromatic carbocycles. The molecule has 0 radical (unpaired) electrons. The molecule has 2 N–H and O–H groups in total. The maximum atomic E-state index is 5.75. The molecule has 1 unspecified atom stereocenters. The summed E-state index contributed by atoms with van der Waals surface area (Å²) in [5.41, 5.74) is 5.75. The summed E-state index contributed by atoms with van der Waals surface area (Å²) < 4.78 is 3.87. The zero-order valence-electron chi connectivity index (χ0n) is 8.22.